The van der Waals surface area contributed by atoms with Crippen LogP contribution in [0.4, 0.5) is 0 Å². The number of amides is 1. The van der Waals surface area contributed by atoms with Gasteiger partial charge in [0.2, 0.25) is 5.91 Å². The topological polar surface area (TPSA) is 52.9 Å². The smallest absolute Gasteiger partial charge is 0.240 e. The minimum absolute atomic E-state index is 0.00236. The third kappa shape index (κ3) is 1.35. The zero-order chi connectivity index (χ0) is 10.5. The van der Waals surface area contributed by atoms with Gasteiger partial charge in [-0.1, -0.05) is 6.42 Å². The summed E-state index contributed by atoms with van der Waals surface area (Å²) in [6.45, 7) is 0. The summed E-state index contributed by atoms with van der Waals surface area (Å²) in [5.41, 5.74) is -0.637. The second-order valence-corrected chi connectivity index (χ2v) is 5.45. The quantitative estimate of drug-likeness (QED) is 0.742. The normalized spacial score (nSPS) is 39.8. The maximum absolute atomic E-state index is 11.9. The first kappa shape index (κ1) is 9.21. The third-order valence-corrected chi connectivity index (χ3v) is 4.45. The fourth-order valence-electron chi connectivity index (χ4n) is 3.24. The first-order valence-electron chi connectivity index (χ1n) is 5.96. The summed E-state index contributed by atoms with van der Waals surface area (Å²) >= 11 is 0. The van der Waals surface area contributed by atoms with Gasteiger partial charge in [0, 0.05) is 6.04 Å². The lowest BCUT2D eigenvalue weighted by atomic mass is 9.94. The van der Waals surface area contributed by atoms with Gasteiger partial charge < -0.3 is 5.32 Å². The highest BCUT2D eigenvalue weighted by Gasteiger charge is 2.52. The van der Waals surface area contributed by atoms with E-state index in [1.165, 1.54) is 19.3 Å². The van der Waals surface area contributed by atoms with Crippen LogP contribution < -0.4 is 5.32 Å². The average Bonchev–Trinajstić information content (AvgIpc) is 2.79. The Bertz CT molecular complexity index is 340. The largest absolute Gasteiger partial charge is 0.352 e. The summed E-state index contributed by atoms with van der Waals surface area (Å²) in [6, 6.07) is 2.54. The lowest BCUT2D eigenvalue weighted by Crippen LogP contribution is -2.42. The van der Waals surface area contributed by atoms with Gasteiger partial charge in [-0.25, -0.2) is 0 Å². The molecule has 0 saturated heterocycles. The molecular formula is C12H16N2O. The standard InChI is InChI=1S/C12H16N2O/c13-7-12(3-4-12)11(15)14-10-6-8-1-2-9(10)5-8/h8-10H,1-6H2,(H,14,15). The van der Waals surface area contributed by atoms with Crippen molar-refractivity contribution >= 4 is 5.91 Å². The number of carbonyl (C=O) groups is 1. The van der Waals surface area contributed by atoms with E-state index >= 15 is 0 Å². The Kier molecular flexibility index (Phi) is 1.83. The van der Waals surface area contributed by atoms with Gasteiger partial charge in [0.15, 0.2) is 0 Å². The Morgan fingerprint density at radius 1 is 1.33 bits per heavy atom. The molecule has 15 heavy (non-hydrogen) atoms. The first-order chi connectivity index (χ1) is 7.23. The molecule has 3 nitrogen and oxygen atoms in total. The molecule has 3 saturated carbocycles. The van der Waals surface area contributed by atoms with E-state index in [2.05, 4.69) is 11.4 Å². The lowest BCUT2D eigenvalue weighted by molar-refractivity contribution is -0.125. The highest BCUT2D eigenvalue weighted by molar-refractivity contribution is 5.88. The van der Waals surface area contributed by atoms with Crippen LogP contribution in [0.2, 0.25) is 0 Å². The number of nitrogens with zero attached hydrogens (tertiary/aromatic N) is 1. The van der Waals surface area contributed by atoms with Crippen molar-refractivity contribution in [3.8, 4) is 6.07 Å². The number of carbonyl (C=O) groups excluding carboxylic acids is 1. The lowest BCUT2D eigenvalue weighted by Gasteiger charge is -2.23. The summed E-state index contributed by atoms with van der Waals surface area (Å²) < 4.78 is 0. The van der Waals surface area contributed by atoms with E-state index in [-0.39, 0.29) is 5.91 Å². The van der Waals surface area contributed by atoms with Gasteiger partial charge in [-0.15, -0.1) is 0 Å². The summed E-state index contributed by atoms with van der Waals surface area (Å²) in [4.78, 5) is 11.9. The monoisotopic (exact) mass is 204 g/mol. The molecule has 3 aliphatic rings. The molecule has 0 aromatic carbocycles. The minimum Gasteiger partial charge on any atom is -0.352 e. The Balaban J connectivity index is 1.63. The molecule has 0 aromatic rings. The van der Waals surface area contributed by atoms with Crippen molar-refractivity contribution in [1.82, 2.24) is 5.32 Å². The molecular weight excluding hydrogens is 188 g/mol. The molecule has 1 N–H and O–H groups in total. The van der Waals surface area contributed by atoms with Crippen molar-refractivity contribution in [2.75, 3.05) is 0 Å². The van der Waals surface area contributed by atoms with Crippen molar-refractivity contribution < 1.29 is 4.79 Å². The van der Waals surface area contributed by atoms with E-state index in [0.29, 0.717) is 12.0 Å². The van der Waals surface area contributed by atoms with E-state index < -0.39 is 5.41 Å². The average molecular weight is 204 g/mol. The molecule has 3 rings (SSSR count). The van der Waals surface area contributed by atoms with Gasteiger partial charge in [-0.3, -0.25) is 4.79 Å². The second kappa shape index (κ2) is 2.98. The molecule has 0 radical (unpaired) electrons. The Labute approximate surface area is 89.8 Å². The molecule has 3 aliphatic carbocycles. The highest BCUT2D eigenvalue weighted by atomic mass is 16.2. The Morgan fingerprint density at radius 3 is 2.60 bits per heavy atom. The van der Waals surface area contributed by atoms with Gasteiger partial charge >= 0.3 is 0 Å². The minimum atomic E-state index is -0.637. The summed E-state index contributed by atoms with van der Waals surface area (Å²) in [5.74, 6) is 1.55. The number of nitriles is 1. The molecule has 1 amide bonds. The molecule has 3 fully saturated rings. The van der Waals surface area contributed by atoms with Crippen molar-refractivity contribution in [3.05, 3.63) is 0 Å². The van der Waals surface area contributed by atoms with Crippen molar-refractivity contribution in [2.24, 2.45) is 17.3 Å². The predicted octanol–water partition coefficient (Wildman–Crippen LogP) is 1.59. The van der Waals surface area contributed by atoms with Crippen LogP contribution in [-0.4, -0.2) is 11.9 Å². The van der Waals surface area contributed by atoms with Crippen LogP contribution in [0.25, 0.3) is 0 Å². The van der Waals surface area contributed by atoms with Crippen LogP contribution in [-0.2, 0) is 4.79 Å². The molecule has 2 bridgehead atoms. The highest BCUT2D eigenvalue weighted by Crippen LogP contribution is 2.48. The Morgan fingerprint density at radius 2 is 2.13 bits per heavy atom. The molecule has 0 aliphatic heterocycles. The number of nitrogens with one attached hydrogen (secondary N) is 1. The van der Waals surface area contributed by atoms with Crippen LogP contribution in [0.15, 0.2) is 0 Å². The van der Waals surface area contributed by atoms with Gasteiger partial charge in [0.25, 0.3) is 0 Å². The van der Waals surface area contributed by atoms with Crippen molar-refractivity contribution in [3.63, 3.8) is 0 Å². The summed E-state index contributed by atoms with van der Waals surface area (Å²) in [7, 11) is 0. The fourth-order valence-corrected chi connectivity index (χ4v) is 3.24. The number of rotatable bonds is 2. The number of hydrogen-bond donors (Lipinski definition) is 1. The maximum Gasteiger partial charge on any atom is 0.240 e. The molecule has 3 atom stereocenters. The molecule has 0 spiro atoms. The van der Waals surface area contributed by atoms with Gasteiger partial charge in [-0.05, 0) is 43.9 Å². The third-order valence-electron chi connectivity index (χ3n) is 4.45. The zero-order valence-corrected chi connectivity index (χ0v) is 8.83. The summed E-state index contributed by atoms with van der Waals surface area (Å²) in [5, 5.41) is 12.0. The van der Waals surface area contributed by atoms with E-state index in [1.54, 1.807) is 0 Å². The summed E-state index contributed by atoms with van der Waals surface area (Å²) in [6.07, 6.45) is 6.59. The van der Waals surface area contributed by atoms with Gasteiger partial charge in [-0.2, -0.15) is 5.26 Å². The van der Waals surface area contributed by atoms with Crippen LogP contribution in [0.3, 0.4) is 0 Å². The van der Waals surface area contributed by atoms with Crippen LogP contribution in [0, 0.1) is 28.6 Å². The van der Waals surface area contributed by atoms with E-state index in [1.807, 2.05) is 0 Å². The van der Waals surface area contributed by atoms with Crippen molar-refractivity contribution in [1.29, 1.82) is 5.26 Å². The maximum atomic E-state index is 11.9. The zero-order valence-electron chi connectivity index (χ0n) is 8.83. The van der Waals surface area contributed by atoms with Crippen molar-refractivity contribution in [2.45, 2.75) is 44.6 Å². The second-order valence-electron chi connectivity index (χ2n) is 5.45. The van der Waals surface area contributed by atoms with E-state index in [4.69, 9.17) is 5.26 Å². The molecule has 3 heteroatoms. The number of hydrogen-bond acceptors (Lipinski definition) is 2. The molecule has 0 aromatic heterocycles. The molecule has 0 heterocycles. The Hall–Kier alpha value is -1.04. The SMILES string of the molecule is N#CC1(C(=O)NC2CC3CCC2C3)CC1. The first-order valence-corrected chi connectivity index (χ1v) is 5.96. The van der Waals surface area contributed by atoms with E-state index in [0.717, 1.165) is 25.2 Å². The van der Waals surface area contributed by atoms with Gasteiger partial charge in [0.05, 0.1) is 6.07 Å². The molecule has 80 valence electrons. The van der Waals surface area contributed by atoms with Gasteiger partial charge in [0.1, 0.15) is 5.41 Å². The van der Waals surface area contributed by atoms with E-state index in [9.17, 15) is 4.79 Å². The predicted molar refractivity (Wildman–Crippen MR) is 54.7 cm³/mol. The fraction of sp³-hybridized carbons (Fsp3) is 0.833. The van der Waals surface area contributed by atoms with Crippen LogP contribution >= 0.6 is 0 Å². The van der Waals surface area contributed by atoms with Crippen LogP contribution in [0.5, 0.6) is 0 Å². The number of fused-ring (bicyclic) bond motifs is 2. The molecule has 3 unspecified atom stereocenters. The van der Waals surface area contributed by atoms with Crippen LogP contribution in [0.1, 0.15) is 38.5 Å².